The third kappa shape index (κ3) is 10.2. The van der Waals surface area contributed by atoms with Crippen LogP contribution in [0.3, 0.4) is 0 Å². The molecule has 2 aliphatic heterocycles. The van der Waals surface area contributed by atoms with E-state index in [4.69, 9.17) is 46.4 Å². The Hall–Kier alpha value is -2.79. The highest BCUT2D eigenvalue weighted by Gasteiger charge is 2.70. The van der Waals surface area contributed by atoms with Crippen LogP contribution in [-0.4, -0.2) is 153 Å². The number of hydrogen-bond donors (Lipinski definition) is 4. The number of ether oxygens (including phenoxy) is 6. The fraction of sp³-hybridized carbons (Fsp3) is 0.658. The Balaban J connectivity index is 0.902. The second-order valence-corrected chi connectivity index (χ2v) is 17.3. The summed E-state index contributed by atoms with van der Waals surface area (Å²) in [5.41, 5.74) is 0.454. The van der Waals surface area contributed by atoms with Crippen molar-refractivity contribution in [2.45, 2.75) is 74.8 Å². The second kappa shape index (κ2) is 18.6. The van der Waals surface area contributed by atoms with Crippen LogP contribution in [0.15, 0.2) is 36.5 Å². The third-order valence-electron chi connectivity index (χ3n) is 11.4. The van der Waals surface area contributed by atoms with Crippen LogP contribution in [0.4, 0.5) is 5.82 Å². The summed E-state index contributed by atoms with van der Waals surface area (Å²) in [6, 6.07) is 11.0. The summed E-state index contributed by atoms with van der Waals surface area (Å²) in [6.45, 7) is 7.14. The highest BCUT2D eigenvalue weighted by molar-refractivity contribution is 7.51. The Kier molecular flexibility index (Phi) is 13.8. The van der Waals surface area contributed by atoms with E-state index < -0.39 is 44.1 Å². The summed E-state index contributed by atoms with van der Waals surface area (Å²) in [5, 5.41) is 27.0. The van der Waals surface area contributed by atoms with Gasteiger partial charge in [-0.25, -0.2) is 4.68 Å². The van der Waals surface area contributed by atoms with Crippen molar-refractivity contribution in [1.29, 1.82) is 0 Å². The van der Waals surface area contributed by atoms with Crippen molar-refractivity contribution < 1.29 is 53.0 Å². The smallest absolute Gasteiger partial charge is 0.350 e. The molecule has 0 bridgehead atoms. The van der Waals surface area contributed by atoms with Gasteiger partial charge in [0.1, 0.15) is 36.6 Å². The number of halogens is 1. The molecule has 2 saturated carbocycles. The number of nitrogens with zero attached hydrogens (tertiary/aromatic N) is 6. The van der Waals surface area contributed by atoms with Crippen molar-refractivity contribution in [3.63, 3.8) is 0 Å². The number of aliphatic hydroxyl groups excluding tert-OH is 2. The van der Waals surface area contributed by atoms with E-state index in [1.807, 2.05) is 6.07 Å². The number of anilines is 1. The van der Waals surface area contributed by atoms with E-state index in [1.54, 1.807) is 6.20 Å². The zero-order valence-electron chi connectivity index (χ0n) is 31.8. The van der Waals surface area contributed by atoms with Crippen LogP contribution in [0.1, 0.15) is 43.9 Å². The van der Waals surface area contributed by atoms with Gasteiger partial charge in [-0.2, -0.15) is 15.1 Å². The average Bonchev–Trinajstić information content (AvgIpc) is 3.65. The topological polar surface area (TPSA) is 203 Å². The zero-order chi connectivity index (χ0) is 40.0. The van der Waals surface area contributed by atoms with E-state index in [1.165, 1.54) is 10.2 Å². The first-order chi connectivity index (χ1) is 27.5. The van der Waals surface area contributed by atoms with Gasteiger partial charge in [0, 0.05) is 44.1 Å². The molecule has 57 heavy (non-hydrogen) atoms. The van der Waals surface area contributed by atoms with E-state index in [-0.39, 0.29) is 23.7 Å². The van der Waals surface area contributed by atoms with Crippen LogP contribution in [0.5, 0.6) is 0 Å². The number of hydrogen-bond acceptors (Lipinski definition) is 14. The SMILES string of the molecule is C#CCOCCOCCOCCOCCN(Cc1ccccc1)C1CCC2(CC1)CN(c1nc(Cl)nc3c1cnn3[C@@H]1OC3(C[C@H]3OCP(=O)(O)O)[C@@H](O)[C@H]1O)C2. The molecule has 17 nitrogen and oxygen atoms in total. The van der Waals surface area contributed by atoms with Crippen molar-refractivity contribution in [1.82, 2.24) is 24.6 Å². The van der Waals surface area contributed by atoms with Gasteiger partial charge in [0.2, 0.25) is 5.28 Å². The highest BCUT2D eigenvalue weighted by atomic mass is 35.5. The van der Waals surface area contributed by atoms with E-state index in [9.17, 15) is 24.6 Å². The maximum absolute atomic E-state index is 11.3. The molecule has 4 fully saturated rings. The number of benzene rings is 1. The molecule has 0 amide bonds. The van der Waals surface area contributed by atoms with E-state index in [0.29, 0.717) is 69.1 Å². The molecule has 2 aliphatic carbocycles. The minimum atomic E-state index is -4.43. The van der Waals surface area contributed by atoms with Crippen LogP contribution in [-0.2, 0) is 39.5 Å². The molecule has 4 aliphatic rings. The fourth-order valence-electron chi connectivity index (χ4n) is 8.36. The Morgan fingerprint density at radius 2 is 1.65 bits per heavy atom. The van der Waals surface area contributed by atoms with Gasteiger partial charge in [-0.15, -0.1) is 6.42 Å². The highest BCUT2D eigenvalue weighted by Crippen LogP contribution is 2.56. The van der Waals surface area contributed by atoms with Gasteiger partial charge in [-0.1, -0.05) is 36.3 Å². The van der Waals surface area contributed by atoms with Crippen LogP contribution < -0.4 is 4.90 Å². The predicted molar refractivity (Wildman–Crippen MR) is 207 cm³/mol. The van der Waals surface area contributed by atoms with E-state index >= 15 is 0 Å². The number of terminal acetylenes is 1. The summed E-state index contributed by atoms with van der Waals surface area (Å²) in [4.78, 5) is 32.2. The summed E-state index contributed by atoms with van der Waals surface area (Å²) >= 11 is 6.46. The van der Waals surface area contributed by atoms with Crippen LogP contribution in [0.25, 0.3) is 11.0 Å². The van der Waals surface area contributed by atoms with Crippen molar-refractivity contribution >= 4 is 36.0 Å². The van der Waals surface area contributed by atoms with E-state index in [0.717, 1.165) is 51.9 Å². The lowest BCUT2D eigenvalue weighted by atomic mass is 9.67. The molecule has 19 heteroatoms. The Bertz CT molecular complexity index is 1870. The molecular formula is C38H52ClN6O11P. The van der Waals surface area contributed by atoms with Crippen molar-refractivity contribution in [3.8, 4) is 12.3 Å². The van der Waals surface area contributed by atoms with Gasteiger partial charge in [0.15, 0.2) is 11.9 Å². The van der Waals surface area contributed by atoms with Gasteiger partial charge < -0.3 is 53.3 Å². The first-order valence-electron chi connectivity index (χ1n) is 19.4. The third-order valence-corrected chi connectivity index (χ3v) is 12.0. The number of rotatable bonds is 21. The molecule has 7 rings (SSSR count). The molecule has 0 radical (unpaired) electrons. The van der Waals surface area contributed by atoms with Gasteiger partial charge in [-0.05, 0) is 42.8 Å². The molecular weight excluding hydrogens is 783 g/mol. The first kappa shape index (κ1) is 42.3. The fourth-order valence-corrected chi connectivity index (χ4v) is 8.89. The lowest BCUT2D eigenvalue weighted by Crippen LogP contribution is -2.59. The largest absolute Gasteiger partial charge is 0.387 e. The van der Waals surface area contributed by atoms with Crippen molar-refractivity contribution in [2.75, 3.05) is 83.7 Å². The molecule has 312 valence electrons. The second-order valence-electron chi connectivity index (χ2n) is 15.3. The predicted octanol–water partition coefficient (Wildman–Crippen LogP) is 2.34. The first-order valence-corrected chi connectivity index (χ1v) is 21.6. The van der Waals surface area contributed by atoms with Crippen LogP contribution in [0, 0.1) is 17.8 Å². The molecule has 1 unspecified atom stereocenters. The maximum atomic E-state index is 11.3. The molecule has 1 aromatic carbocycles. The van der Waals surface area contributed by atoms with Gasteiger partial charge in [0.25, 0.3) is 0 Å². The molecule has 3 aromatic rings. The minimum absolute atomic E-state index is 0.0126. The molecule has 2 saturated heterocycles. The van der Waals surface area contributed by atoms with Crippen molar-refractivity contribution in [3.05, 3.63) is 47.4 Å². The molecule has 4 N–H and O–H groups in total. The van der Waals surface area contributed by atoms with Gasteiger partial charge in [0.05, 0.1) is 63.9 Å². The lowest BCUT2D eigenvalue weighted by molar-refractivity contribution is -0.0751. The minimum Gasteiger partial charge on any atom is -0.387 e. The van der Waals surface area contributed by atoms with Crippen LogP contribution in [0.2, 0.25) is 5.28 Å². The zero-order valence-corrected chi connectivity index (χ0v) is 33.5. The Morgan fingerprint density at radius 1 is 0.982 bits per heavy atom. The van der Waals surface area contributed by atoms with E-state index in [2.05, 4.69) is 55.1 Å². The average molecular weight is 835 g/mol. The molecule has 2 aromatic heterocycles. The Morgan fingerprint density at radius 3 is 2.32 bits per heavy atom. The van der Waals surface area contributed by atoms with Crippen molar-refractivity contribution in [2.24, 2.45) is 5.41 Å². The molecule has 2 spiro atoms. The normalized spacial score (nSPS) is 25.8. The summed E-state index contributed by atoms with van der Waals surface area (Å²) in [5.74, 6) is 3.07. The van der Waals surface area contributed by atoms with Gasteiger partial charge in [-0.3, -0.25) is 9.46 Å². The Labute approximate surface area is 336 Å². The molecule has 4 heterocycles. The summed E-state index contributed by atoms with van der Waals surface area (Å²) in [7, 11) is -4.43. The number of aliphatic hydroxyl groups is 2. The molecule has 5 atom stereocenters. The lowest BCUT2D eigenvalue weighted by Gasteiger charge is -2.55. The number of aromatic nitrogens is 4. The summed E-state index contributed by atoms with van der Waals surface area (Å²) in [6.07, 6.45) is 5.70. The number of fused-ring (bicyclic) bond motifs is 1. The quantitative estimate of drug-likeness (QED) is 0.0527. The maximum Gasteiger partial charge on any atom is 0.350 e. The standard InChI is InChI=1S/C38H52ClN6O11P/c1-2-13-51-15-17-53-19-20-54-18-16-52-14-12-43(23-27-6-4-3-5-7-27)28-8-10-37(11-9-28)24-44(25-37)33-29-22-40-45(34(29)42-36(39)41-33)35-31(46)32(47)38(56-35)21-30(38)55-26-57(48,49)50/h1,3-7,22,28,30-32,35,46-47H,8-21,23-26H2,(H2,48,49,50)/t30-,31-,32+,35-,38?/m1/s1. The van der Waals surface area contributed by atoms with Crippen LogP contribution >= 0.6 is 19.2 Å². The van der Waals surface area contributed by atoms with Gasteiger partial charge >= 0.3 is 7.60 Å². The summed E-state index contributed by atoms with van der Waals surface area (Å²) < 4.78 is 46.4. The monoisotopic (exact) mass is 834 g/mol.